The van der Waals surface area contributed by atoms with Crippen molar-refractivity contribution in [3.63, 3.8) is 0 Å². The Hall–Kier alpha value is -3.56. The van der Waals surface area contributed by atoms with Gasteiger partial charge in [0.25, 0.3) is 0 Å². The fraction of sp³-hybridized carbons (Fsp3) is 0.269. The summed E-state index contributed by atoms with van der Waals surface area (Å²) >= 11 is 0. The van der Waals surface area contributed by atoms with Gasteiger partial charge in [-0.25, -0.2) is 8.42 Å². The van der Waals surface area contributed by atoms with Gasteiger partial charge in [-0.3, -0.25) is 0 Å². The van der Waals surface area contributed by atoms with E-state index in [9.17, 15) is 8.42 Å². The van der Waals surface area contributed by atoms with Crippen molar-refractivity contribution in [2.24, 2.45) is 5.16 Å². The van der Waals surface area contributed by atoms with Gasteiger partial charge in [-0.2, -0.15) is 4.31 Å². The van der Waals surface area contributed by atoms with E-state index in [4.69, 9.17) is 19.0 Å². The summed E-state index contributed by atoms with van der Waals surface area (Å²) in [6.07, 6.45) is 0.00108. The SMILES string of the molecule is COc1ccc(S(=O)(=O)N(Cc2cccc(OC)c2)CC2CC(c3ccccc3OC)=NO2)cc1. The molecule has 3 aromatic carbocycles. The fourth-order valence-electron chi connectivity index (χ4n) is 3.91. The van der Waals surface area contributed by atoms with Crippen molar-refractivity contribution in [2.45, 2.75) is 24.0 Å². The molecule has 0 radical (unpaired) electrons. The van der Waals surface area contributed by atoms with E-state index < -0.39 is 16.1 Å². The predicted octanol–water partition coefficient (Wildman–Crippen LogP) is 4.10. The van der Waals surface area contributed by atoms with Gasteiger partial charge in [0, 0.05) is 18.5 Å². The molecular formula is C26H28N2O6S. The molecule has 9 heteroatoms. The Morgan fingerprint density at radius 3 is 2.37 bits per heavy atom. The average molecular weight is 497 g/mol. The van der Waals surface area contributed by atoms with Crippen LogP contribution in [0.3, 0.4) is 0 Å². The van der Waals surface area contributed by atoms with Crippen LogP contribution in [0.25, 0.3) is 0 Å². The van der Waals surface area contributed by atoms with Gasteiger partial charge in [0.2, 0.25) is 10.0 Å². The highest BCUT2D eigenvalue weighted by Crippen LogP contribution is 2.28. The Kier molecular flexibility index (Phi) is 7.57. The highest BCUT2D eigenvalue weighted by molar-refractivity contribution is 7.89. The summed E-state index contributed by atoms with van der Waals surface area (Å²) in [7, 11) is 0.871. The zero-order chi connectivity index (χ0) is 24.8. The Bertz CT molecular complexity index is 1290. The van der Waals surface area contributed by atoms with Gasteiger partial charge in [0.15, 0.2) is 0 Å². The normalized spacial score (nSPS) is 15.4. The fourth-order valence-corrected chi connectivity index (χ4v) is 5.37. The summed E-state index contributed by atoms with van der Waals surface area (Å²) in [5.41, 5.74) is 2.34. The molecule has 0 spiro atoms. The van der Waals surface area contributed by atoms with Crippen LogP contribution < -0.4 is 14.2 Å². The molecule has 0 bridgehead atoms. The number of oxime groups is 1. The number of ether oxygens (including phenoxy) is 3. The van der Waals surface area contributed by atoms with Gasteiger partial charge < -0.3 is 19.0 Å². The van der Waals surface area contributed by atoms with Crippen LogP contribution in [-0.4, -0.2) is 52.4 Å². The molecule has 1 atom stereocenters. The summed E-state index contributed by atoms with van der Waals surface area (Å²) in [6.45, 7) is 0.267. The molecule has 8 nitrogen and oxygen atoms in total. The van der Waals surface area contributed by atoms with E-state index in [-0.39, 0.29) is 18.0 Å². The highest BCUT2D eigenvalue weighted by Gasteiger charge is 2.32. The van der Waals surface area contributed by atoms with Crippen molar-refractivity contribution in [1.29, 1.82) is 0 Å². The van der Waals surface area contributed by atoms with Crippen LogP contribution in [0.5, 0.6) is 17.2 Å². The number of rotatable bonds is 10. The van der Waals surface area contributed by atoms with Gasteiger partial charge in [0.1, 0.15) is 23.4 Å². The molecule has 0 N–H and O–H groups in total. The van der Waals surface area contributed by atoms with Gasteiger partial charge in [0.05, 0.1) is 38.5 Å². The lowest BCUT2D eigenvalue weighted by Crippen LogP contribution is -2.37. The second kappa shape index (κ2) is 10.8. The maximum absolute atomic E-state index is 13.7. The highest BCUT2D eigenvalue weighted by atomic mass is 32.2. The first-order valence-electron chi connectivity index (χ1n) is 11.1. The minimum atomic E-state index is -3.84. The van der Waals surface area contributed by atoms with Crippen molar-refractivity contribution >= 4 is 15.7 Å². The number of nitrogens with zero attached hydrogens (tertiary/aromatic N) is 2. The van der Waals surface area contributed by atoms with E-state index in [1.807, 2.05) is 48.5 Å². The van der Waals surface area contributed by atoms with Crippen LogP contribution in [0, 0.1) is 0 Å². The topological polar surface area (TPSA) is 86.7 Å². The first kappa shape index (κ1) is 24.6. The first-order chi connectivity index (χ1) is 16.9. The van der Waals surface area contributed by atoms with Crippen molar-refractivity contribution < 1.29 is 27.5 Å². The van der Waals surface area contributed by atoms with Gasteiger partial charge in [-0.05, 0) is 54.1 Å². The summed E-state index contributed by atoms with van der Waals surface area (Å²) < 4.78 is 44.7. The minimum Gasteiger partial charge on any atom is -0.497 e. The van der Waals surface area contributed by atoms with E-state index in [1.165, 1.54) is 11.4 Å². The molecule has 35 heavy (non-hydrogen) atoms. The molecule has 0 amide bonds. The largest absolute Gasteiger partial charge is 0.497 e. The molecule has 1 heterocycles. The smallest absolute Gasteiger partial charge is 0.243 e. The maximum Gasteiger partial charge on any atom is 0.243 e. The molecule has 1 aliphatic rings. The molecule has 184 valence electrons. The number of sulfonamides is 1. The molecule has 0 fully saturated rings. The predicted molar refractivity (Wildman–Crippen MR) is 133 cm³/mol. The monoisotopic (exact) mass is 496 g/mol. The molecule has 0 aliphatic carbocycles. The van der Waals surface area contributed by atoms with E-state index in [1.54, 1.807) is 38.5 Å². The van der Waals surface area contributed by atoms with Gasteiger partial charge in [-0.15, -0.1) is 0 Å². The molecule has 0 aromatic heterocycles. The van der Waals surface area contributed by atoms with Crippen molar-refractivity contribution in [3.05, 3.63) is 83.9 Å². The van der Waals surface area contributed by atoms with Crippen LogP contribution in [0.15, 0.2) is 82.8 Å². The van der Waals surface area contributed by atoms with Crippen LogP contribution in [0.2, 0.25) is 0 Å². The third kappa shape index (κ3) is 5.58. The number of hydrogen-bond acceptors (Lipinski definition) is 7. The average Bonchev–Trinajstić information content (AvgIpc) is 3.36. The lowest BCUT2D eigenvalue weighted by Gasteiger charge is -2.24. The second-order valence-electron chi connectivity index (χ2n) is 7.99. The van der Waals surface area contributed by atoms with Gasteiger partial charge >= 0.3 is 0 Å². The Balaban J connectivity index is 1.59. The van der Waals surface area contributed by atoms with Crippen LogP contribution in [0.4, 0.5) is 0 Å². The summed E-state index contributed by atoms with van der Waals surface area (Å²) in [5.74, 6) is 1.93. The van der Waals surface area contributed by atoms with Crippen molar-refractivity contribution in [2.75, 3.05) is 27.9 Å². The first-order valence-corrected chi connectivity index (χ1v) is 12.5. The van der Waals surface area contributed by atoms with E-state index in [0.29, 0.717) is 23.7 Å². The lowest BCUT2D eigenvalue weighted by molar-refractivity contribution is 0.0694. The zero-order valence-corrected chi connectivity index (χ0v) is 20.7. The molecule has 0 saturated carbocycles. The van der Waals surface area contributed by atoms with E-state index in [2.05, 4.69) is 5.16 Å². The Labute approximate surface area is 205 Å². The van der Waals surface area contributed by atoms with E-state index in [0.717, 1.165) is 16.8 Å². The minimum absolute atomic E-state index is 0.119. The lowest BCUT2D eigenvalue weighted by atomic mass is 10.0. The third-order valence-corrected chi connectivity index (χ3v) is 7.57. The van der Waals surface area contributed by atoms with Gasteiger partial charge in [-0.1, -0.05) is 29.4 Å². The van der Waals surface area contributed by atoms with Crippen LogP contribution in [0.1, 0.15) is 17.5 Å². The van der Waals surface area contributed by atoms with Crippen LogP contribution >= 0.6 is 0 Å². The number of methoxy groups -OCH3 is 3. The summed E-state index contributed by atoms with van der Waals surface area (Å²) in [6, 6.07) is 21.2. The maximum atomic E-state index is 13.7. The van der Waals surface area contributed by atoms with Crippen LogP contribution in [-0.2, 0) is 21.4 Å². The number of benzene rings is 3. The quantitative estimate of drug-likeness (QED) is 0.420. The second-order valence-corrected chi connectivity index (χ2v) is 9.93. The molecule has 1 unspecified atom stereocenters. The number of hydrogen-bond donors (Lipinski definition) is 0. The Morgan fingerprint density at radius 2 is 1.66 bits per heavy atom. The Morgan fingerprint density at radius 1 is 0.914 bits per heavy atom. The number of para-hydroxylation sites is 1. The molecule has 1 aliphatic heterocycles. The molecule has 3 aromatic rings. The molecular weight excluding hydrogens is 468 g/mol. The van der Waals surface area contributed by atoms with Crippen molar-refractivity contribution in [1.82, 2.24) is 4.31 Å². The van der Waals surface area contributed by atoms with Crippen molar-refractivity contribution in [3.8, 4) is 17.2 Å². The third-order valence-electron chi connectivity index (χ3n) is 5.75. The zero-order valence-electron chi connectivity index (χ0n) is 19.9. The molecule has 4 rings (SSSR count). The van der Waals surface area contributed by atoms with E-state index >= 15 is 0 Å². The molecule has 0 saturated heterocycles. The standard InChI is InChI=1S/C26H28N2O6S/c1-31-20-11-13-23(14-12-20)35(29,30)28(17-19-7-6-8-21(15-19)32-2)18-22-16-25(27-34-22)24-9-4-5-10-26(24)33-3/h4-15,22H,16-18H2,1-3H3. The summed E-state index contributed by atoms with van der Waals surface area (Å²) in [5, 5.41) is 4.24. The summed E-state index contributed by atoms with van der Waals surface area (Å²) in [4.78, 5) is 5.85.